The Balaban J connectivity index is 2.23. The lowest BCUT2D eigenvalue weighted by molar-refractivity contribution is -0.117. The van der Waals surface area contributed by atoms with Crippen LogP contribution in [0.2, 0.25) is 18.1 Å². The van der Waals surface area contributed by atoms with Gasteiger partial charge < -0.3 is 14.1 Å². The summed E-state index contributed by atoms with van der Waals surface area (Å²) in [6.45, 7) is 13.8. The van der Waals surface area contributed by atoms with Crippen molar-refractivity contribution in [2.24, 2.45) is 0 Å². The first-order chi connectivity index (χ1) is 14.1. The minimum Gasteiger partial charge on any atom is -0.505 e. The van der Waals surface area contributed by atoms with Gasteiger partial charge in [-0.3, -0.25) is 4.79 Å². The van der Waals surface area contributed by atoms with Gasteiger partial charge in [-0.05, 0) is 54.7 Å². The molecule has 0 saturated carbocycles. The largest absolute Gasteiger partial charge is 0.505 e. The van der Waals surface area contributed by atoms with E-state index in [0.29, 0.717) is 6.42 Å². The zero-order valence-corrected chi connectivity index (χ0v) is 21.0. The minimum absolute atomic E-state index is 0.0622. The smallest absolute Gasteiger partial charge is 0.227 e. The minimum atomic E-state index is -1.87. The summed E-state index contributed by atoms with van der Waals surface area (Å²) in [4.78, 5) is 14.4. The molecule has 2 atom stereocenters. The molecule has 1 aromatic carbocycles. The molecule has 0 aromatic heterocycles. The van der Waals surface area contributed by atoms with Crippen molar-refractivity contribution in [3.63, 3.8) is 0 Å². The Labute approximate surface area is 184 Å². The molecule has 1 unspecified atom stereocenters. The Hall–Kier alpha value is -1.59. The first-order valence-electron chi connectivity index (χ1n) is 11.4. The second-order valence-corrected chi connectivity index (χ2v) is 14.6. The highest BCUT2D eigenvalue weighted by atomic mass is 28.4. The van der Waals surface area contributed by atoms with Gasteiger partial charge in [0, 0.05) is 12.1 Å². The predicted molar refractivity (Wildman–Crippen MR) is 128 cm³/mol. The quantitative estimate of drug-likeness (QED) is 0.228. The molecule has 1 heterocycles. The lowest BCUT2D eigenvalue weighted by atomic mass is 10.0. The fourth-order valence-electron chi connectivity index (χ4n) is 3.65. The molecule has 0 N–H and O–H groups in total. The van der Waals surface area contributed by atoms with E-state index < -0.39 is 8.32 Å². The van der Waals surface area contributed by atoms with E-state index in [0.717, 1.165) is 18.5 Å². The molecule has 1 aliphatic rings. The van der Waals surface area contributed by atoms with Crippen LogP contribution in [-0.2, 0) is 14.0 Å². The van der Waals surface area contributed by atoms with Crippen molar-refractivity contribution in [3.05, 3.63) is 42.2 Å². The number of carbonyl (C=O) groups is 1. The summed E-state index contributed by atoms with van der Waals surface area (Å²) in [7, 11) is -0.242. The topological polar surface area (TPSA) is 38.8 Å². The van der Waals surface area contributed by atoms with Crippen LogP contribution in [0, 0.1) is 0 Å². The number of rotatable bonds is 10. The molecule has 168 valence electrons. The molecule has 1 aromatic rings. The third kappa shape index (κ3) is 6.21. The fraction of sp³-hybridized carbons (Fsp3) is 0.640. The molecular weight excluding hydrogens is 390 g/mol. The van der Waals surface area contributed by atoms with Gasteiger partial charge in [0.05, 0.1) is 25.5 Å². The van der Waals surface area contributed by atoms with Crippen LogP contribution in [0.5, 0.6) is 0 Å². The summed E-state index contributed by atoms with van der Waals surface area (Å²) in [6, 6.07) is 8.53. The van der Waals surface area contributed by atoms with Crippen molar-refractivity contribution in [1.82, 2.24) is 0 Å². The van der Waals surface area contributed by atoms with Gasteiger partial charge in [-0.2, -0.15) is 0 Å². The molecule has 30 heavy (non-hydrogen) atoms. The summed E-state index contributed by atoms with van der Waals surface area (Å²) in [5.41, 5.74) is 2.17. The van der Waals surface area contributed by atoms with E-state index in [1.165, 1.54) is 24.8 Å². The molecule has 4 nitrogen and oxygen atoms in total. The third-order valence-electron chi connectivity index (χ3n) is 6.55. The van der Waals surface area contributed by atoms with Crippen LogP contribution in [0.15, 0.2) is 36.6 Å². The van der Waals surface area contributed by atoms with Crippen molar-refractivity contribution >= 4 is 19.9 Å². The maximum Gasteiger partial charge on any atom is 0.227 e. The summed E-state index contributed by atoms with van der Waals surface area (Å²) in [5.74, 6) is 0.172. The molecule has 0 spiro atoms. The van der Waals surface area contributed by atoms with Crippen molar-refractivity contribution in [2.75, 3.05) is 12.0 Å². The van der Waals surface area contributed by atoms with E-state index in [1.807, 2.05) is 11.0 Å². The average Bonchev–Trinajstić information content (AvgIpc) is 3.05. The molecule has 1 fully saturated rings. The Morgan fingerprint density at radius 3 is 2.43 bits per heavy atom. The van der Waals surface area contributed by atoms with E-state index in [-0.39, 0.29) is 23.1 Å². The highest BCUT2D eigenvalue weighted by Gasteiger charge is 2.39. The molecule has 0 aliphatic carbocycles. The number of hydrogen-bond acceptors (Lipinski definition) is 3. The van der Waals surface area contributed by atoms with Crippen LogP contribution in [0.25, 0.3) is 0 Å². The molecule has 1 amide bonds. The van der Waals surface area contributed by atoms with Gasteiger partial charge in [0.1, 0.15) is 0 Å². The highest BCUT2D eigenvalue weighted by molar-refractivity contribution is 6.74. The van der Waals surface area contributed by atoms with Crippen molar-refractivity contribution in [1.29, 1.82) is 0 Å². The second-order valence-electron chi connectivity index (χ2n) is 9.89. The maximum absolute atomic E-state index is 12.5. The molecule has 1 saturated heterocycles. The van der Waals surface area contributed by atoms with Crippen LogP contribution in [0.4, 0.5) is 5.69 Å². The second kappa shape index (κ2) is 10.6. The summed E-state index contributed by atoms with van der Waals surface area (Å²) >= 11 is 0. The fourth-order valence-corrected chi connectivity index (χ4v) is 4.97. The summed E-state index contributed by atoms with van der Waals surface area (Å²) in [5, 5.41) is 0.179. The molecule has 5 heteroatoms. The normalized spacial score (nSPS) is 19.0. The van der Waals surface area contributed by atoms with Gasteiger partial charge >= 0.3 is 0 Å². The first-order valence-corrected chi connectivity index (χ1v) is 14.3. The number of unbranched alkanes of at least 4 members (excludes halogenated alkanes) is 2. The monoisotopic (exact) mass is 431 g/mol. The Bertz CT molecular complexity index is 706. The average molecular weight is 432 g/mol. The van der Waals surface area contributed by atoms with Crippen LogP contribution >= 0.6 is 0 Å². The van der Waals surface area contributed by atoms with Crippen LogP contribution < -0.4 is 4.90 Å². The van der Waals surface area contributed by atoms with Crippen molar-refractivity contribution < 1.29 is 14.0 Å². The number of anilines is 1. The molecule has 0 radical (unpaired) electrons. The van der Waals surface area contributed by atoms with Gasteiger partial charge in [0.15, 0.2) is 8.32 Å². The summed E-state index contributed by atoms with van der Waals surface area (Å²) < 4.78 is 11.9. The van der Waals surface area contributed by atoms with E-state index in [2.05, 4.69) is 65.1 Å². The molecule has 0 bridgehead atoms. The molecule has 1 aliphatic heterocycles. The Morgan fingerprint density at radius 1 is 1.20 bits per heavy atom. The van der Waals surface area contributed by atoms with Gasteiger partial charge in [0.2, 0.25) is 5.91 Å². The Kier molecular flexibility index (Phi) is 8.74. The number of benzene rings is 1. The number of hydrogen-bond donors (Lipinski definition) is 0. The first kappa shape index (κ1) is 24.7. The lowest BCUT2D eigenvalue weighted by Crippen LogP contribution is -2.41. The van der Waals surface area contributed by atoms with Crippen LogP contribution in [-0.4, -0.2) is 27.4 Å². The maximum atomic E-state index is 12.5. The van der Waals surface area contributed by atoms with Crippen molar-refractivity contribution in [2.45, 2.75) is 96.5 Å². The lowest BCUT2D eigenvalue weighted by Gasteiger charge is -2.39. The number of nitrogens with zero attached hydrogens (tertiary/aromatic N) is 1. The third-order valence-corrected chi connectivity index (χ3v) is 11.0. The van der Waals surface area contributed by atoms with E-state index in [4.69, 9.17) is 9.16 Å². The predicted octanol–water partition coefficient (Wildman–Crippen LogP) is 6.99. The van der Waals surface area contributed by atoms with Gasteiger partial charge in [0.25, 0.3) is 0 Å². The highest BCUT2D eigenvalue weighted by Crippen LogP contribution is 2.41. The zero-order chi connectivity index (χ0) is 22.4. The van der Waals surface area contributed by atoms with E-state index in [1.54, 1.807) is 13.4 Å². The van der Waals surface area contributed by atoms with Gasteiger partial charge in [-0.15, -0.1) is 0 Å². The van der Waals surface area contributed by atoms with Gasteiger partial charge in [-0.25, -0.2) is 0 Å². The number of methoxy groups -OCH3 is 1. The van der Waals surface area contributed by atoms with Gasteiger partial charge in [-0.1, -0.05) is 59.1 Å². The Morgan fingerprint density at radius 2 is 1.87 bits per heavy atom. The number of amides is 1. The van der Waals surface area contributed by atoms with Crippen LogP contribution in [0.3, 0.4) is 0 Å². The molecular formula is C25H41NO3Si. The van der Waals surface area contributed by atoms with E-state index >= 15 is 0 Å². The standard InChI is InChI=1S/C25H41NO3Si/c1-8-9-10-11-23(29-30(6,7)25(2,3)4)20-12-14-21(15-13-20)26-22(18-19-28-5)16-17-24(26)27/h12-15,18-19,22-23H,8-11,16-17H2,1-7H3/t22-,23?/m1/s1. The summed E-state index contributed by atoms with van der Waals surface area (Å²) in [6.07, 6.45) is 9.81. The molecule has 2 rings (SSSR count). The van der Waals surface area contributed by atoms with Crippen molar-refractivity contribution in [3.8, 4) is 0 Å². The SMILES string of the molecule is CCCCCC(O[Si](C)(C)C(C)(C)C)c1ccc(N2C(=O)CC[C@@H]2C=COC)cc1. The number of carbonyl (C=O) groups excluding carboxylic acids is 1. The van der Waals surface area contributed by atoms with E-state index in [9.17, 15) is 4.79 Å². The zero-order valence-electron chi connectivity index (χ0n) is 20.0. The van der Waals surface area contributed by atoms with Crippen LogP contribution in [0.1, 0.15) is 77.9 Å². The number of ether oxygens (including phenoxy) is 1.